The Kier molecular flexibility index (Phi) is 7.22. The number of rotatable bonds is 9. The number of benzene rings is 1. The molecule has 0 bridgehead atoms. The number of imidazole rings is 1. The van der Waals surface area contributed by atoms with E-state index in [1.807, 2.05) is 18.2 Å². The zero-order valence-corrected chi connectivity index (χ0v) is 19.9. The number of nitrogens with zero attached hydrogens (tertiary/aromatic N) is 7. The molecule has 32 heavy (non-hydrogen) atoms. The minimum atomic E-state index is 0.722. The fraction of sp³-hybridized carbons (Fsp3) is 0.542. The van der Waals surface area contributed by atoms with Crippen LogP contribution in [0.25, 0.3) is 22.6 Å². The van der Waals surface area contributed by atoms with Gasteiger partial charge in [0.05, 0.1) is 0 Å². The quantitative estimate of drug-likeness (QED) is 0.553. The number of aromatic amines is 1. The van der Waals surface area contributed by atoms with Gasteiger partial charge in [0.1, 0.15) is 5.52 Å². The molecule has 1 fully saturated rings. The third kappa shape index (κ3) is 5.02. The van der Waals surface area contributed by atoms with Crippen LogP contribution < -0.4 is 9.80 Å². The molecule has 0 saturated carbocycles. The molecule has 1 saturated heterocycles. The molecule has 0 unspecified atom stereocenters. The highest BCUT2D eigenvalue weighted by Gasteiger charge is 2.21. The number of hydrogen-bond donors (Lipinski definition) is 1. The molecule has 3 aromatic rings. The highest BCUT2D eigenvalue weighted by molar-refractivity contribution is 5.87. The second-order valence-corrected chi connectivity index (χ2v) is 8.59. The molecule has 172 valence electrons. The van der Waals surface area contributed by atoms with Crippen molar-refractivity contribution in [1.82, 2.24) is 29.7 Å². The summed E-state index contributed by atoms with van der Waals surface area (Å²) in [7, 11) is 4.29. The lowest BCUT2D eigenvalue weighted by Gasteiger charge is -2.32. The Balaban J connectivity index is 1.65. The molecular weight excluding hydrogens is 400 g/mol. The van der Waals surface area contributed by atoms with Crippen LogP contribution in [0, 0.1) is 0 Å². The largest absolute Gasteiger partial charge is 0.358 e. The van der Waals surface area contributed by atoms with Gasteiger partial charge in [0.25, 0.3) is 0 Å². The number of likely N-dealkylation sites (N-methyl/N-ethyl adjacent to an activating group) is 1. The van der Waals surface area contributed by atoms with Crippen molar-refractivity contribution in [2.75, 3.05) is 76.3 Å². The summed E-state index contributed by atoms with van der Waals surface area (Å²) in [5.41, 5.74) is 2.67. The zero-order chi connectivity index (χ0) is 22.5. The Morgan fingerprint density at radius 1 is 0.938 bits per heavy atom. The zero-order valence-electron chi connectivity index (χ0n) is 19.9. The van der Waals surface area contributed by atoms with Crippen LogP contribution in [-0.2, 0) is 0 Å². The molecular formula is C24H36N8. The molecule has 3 heterocycles. The maximum Gasteiger partial charge on any atom is 0.205 e. The molecule has 0 radical (unpaired) electrons. The van der Waals surface area contributed by atoms with Gasteiger partial charge in [-0.3, -0.25) is 0 Å². The maximum absolute atomic E-state index is 4.98. The van der Waals surface area contributed by atoms with Gasteiger partial charge in [0.15, 0.2) is 17.3 Å². The van der Waals surface area contributed by atoms with Crippen LogP contribution in [0.15, 0.2) is 30.3 Å². The Hall–Kier alpha value is -2.71. The molecule has 4 rings (SSSR count). The van der Waals surface area contributed by atoms with Gasteiger partial charge in [0.2, 0.25) is 5.95 Å². The topological polar surface area (TPSA) is 67.4 Å². The van der Waals surface area contributed by atoms with Crippen LogP contribution in [0.3, 0.4) is 0 Å². The highest BCUT2D eigenvalue weighted by atomic mass is 15.3. The predicted octanol–water partition coefficient (Wildman–Crippen LogP) is 2.94. The van der Waals surface area contributed by atoms with E-state index in [1.54, 1.807) is 0 Å². The van der Waals surface area contributed by atoms with Crippen molar-refractivity contribution in [1.29, 1.82) is 0 Å². The van der Waals surface area contributed by atoms with Gasteiger partial charge in [-0.15, -0.1) is 0 Å². The first-order chi connectivity index (χ1) is 15.6. The van der Waals surface area contributed by atoms with Crippen LogP contribution in [0.5, 0.6) is 0 Å². The summed E-state index contributed by atoms with van der Waals surface area (Å²) in [6.45, 7) is 12.6. The van der Waals surface area contributed by atoms with Crippen LogP contribution >= 0.6 is 0 Å². The van der Waals surface area contributed by atoms with Crippen molar-refractivity contribution in [3.05, 3.63) is 30.3 Å². The molecule has 1 aliphatic rings. The van der Waals surface area contributed by atoms with Crippen molar-refractivity contribution < 1.29 is 0 Å². The summed E-state index contributed by atoms with van der Waals surface area (Å²) >= 11 is 0. The standard InChI is InChI=1S/C24H36N8/c1-5-31(6-2)14-10-13-30(4)23-20-22(26-21(27-23)19-11-8-7-9-12-19)28-24(25-20)32-17-15-29(3)16-18-32/h7-9,11-12H,5-6,10,13-18H2,1-4H3,(H,25,26,27,28). The number of piperazine rings is 1. The van der Waals surface area contributed by atoms with E-state index < -0.39 is 0 Å². The fourth-order valence-corrected chi connectivity index (χ4v) is 4.21. The lowest BCUT2D eigenvalue weighted by molar-refractivity contribution is 0.301. The minimum Gasteiger partial charge on any atom is -0.358 e. The Morgan fingerprint density at radius 2 is 1.66 bits per heavy atom. The van der Waals surface area contributed by atoms with Crippen molar-refractivity contribution in [3.63, 3.8) is 0 Å². The summed E-state index contributed by atoms with van der Waals surface area (Å²) in [5, 5.41) is 0. The summed E-state index contributed by atoms with van der Waals surface area (Å²) in [4.78, 5) is 27.6. The van der Waals surface area contributed by atoms with Gasteiger partial charge in [0, 0.05) is 45.3 Å². The van der Waals surface area contributed by atoms with Gasteiger partial charge >= 0.3 is 0 Å². The summed E-state index contributed by atoms with van der Waals surface area (Å²) in [6.07, 6.45) is 1.09. The number of hydrogen-bond acceptors (Lipinski definition) is 7. The number of anilines is 2. The van der Waals surface area contributed by atoms with Crippen molar-refractivity contribution in [2.24, 2.45) is 0 Å². The monoisotopic (exact) mass is 436 g/mol. The Bertz CT molecular complexity index is 990. The summed E-state index contributed by atoms with van der Waals surface area (Å²) in [6, 6.07) is 10.2. The molecule has 8 nitrogen and oxygen atoms in total. The second-order valence-electron chi connectivity index (χ2n) is 8.59. The SMILES string of the molecule is CCN(CC)CCCN(C)c1nc(-c2ccccc2)nc2nc(N3CCN(C)CC3)[nH]c12. The van der Waals surface area contributed by atoms with Crippen molar-refractivity contribution >= 4 is 22.9 Å². The molecule has 1 aromatic carbocycles. The normalized spacial score (nSPS) is 15.1. The smallest absolute Gasteiger partial charge is 0.205 e. The third-order valence-electron chi connectivity index (χ3n) is 6.38. The number of H-pyrrole nitrogens is 1. The van der Waals surface area contributed by atoms with Gasteiger partial charge < -0.3 is 24.6 Å². The second kappa shape index (κ2) is 10.3. The third-order valence-corrected chi connectivity index (χ3v) is 6.38. The van der Waals surface area contributed by atoms with Crippen LogP contribution in [0.2, 0.25) is 0 Å². The number of fused-ring (bicyclic) bond motifs is 1. The molecule has 0 aliphatic carbocycles. The van der Waals surface area contributed by atoms with Crippen LogP contribution in [-0.4, -0.2) is 96.2 Å². The minimum absolute atomic E-state index is 0.722. The molecule has 2 aromatic heterocycles. The molecule has 0 spiro atoms. The van der Waals surface area contributed by atoms with E-state index in [0.29, 0.717) is 0 Å². The highest BCUT2D eigenvalue weighted by Crippen LogP contribution is 2.28. The lowest BCUT2D eigenvalue weighted by Crippen LogP contribution is -2.44. The van der Waals surface area contributed by atoms with E-state index in [1.165, 1.54) is 0 Å². The van der Waals surface area contributed by atoms with Gasteiger partial charge in [-0.1, -0.05) is 44.2 Å². The predicted molar refractivity (Wildman–Crippen MR) is 133 cm³/mol. The first-order valence-electron chi connectivity index (χ1n) is 11.8. The molecule has 1 N–H and O–H groups in total. The van der Waals surface area contributed by atoms with Crippen molar-refractivity contribution in [3.8, 4) is 11.4 Å². The van der Waals surface area contributed by atoms with Gasteiger partial charge in [-0.25, -0.2) is 9.97 Å². The number of nitrogens with one attached hydrogen (secondary N) is 1. The average Bonchev–Trinajstić information content (AvgIpc) is 3.26. The van der Waals surface area contributed by atoms with E-state index in [9.17, 15) is 0 Å². The molecule has 8 heteroatoms. The van der Waals surface area contributed by atoms with Crippen molar-refractivity contribution in [2.45, 2.75) is 20.3 Å². The van der Waals surface area contributed by atoms with E-state index in [-0.39, 0.29) is 0 Å². The lowest BCUT2D eigenvalue weighted by atomic mass is 10.2. The average molecular weight is 437 g/mol. The van der Waals surface area contributed by atoms with E-state index in [0.717, 1.165) is 93.1 Å². The fourth-order valence-electron chi connectivity index (χ4n) is 4.21. The van der Waals surface area contributed by atoms with E-state index >= 15 is 0 Å². The Labute approximate surface area is 191 Å². The maximum atomic E-state index is 4.98. The first kappa shape index (κ1) is 22.5. The first-order valence-corrected chi connectivity index (χ1v) is 11.8. The molecule has 1 aliphatic heterocycles. The molecule has 0 atom stereocenters. The Morgan fingerprint density at radius 3 is 2.34 bits per heavy atom. The van der Waals surface area contributed by atoms with E-state index in [4.69, 9.17) is 15.0 Å². The van der Waals surface area contributed by atoms with Gasteiger partial charge in [-0.05, 0) is 33.1 Å². The van der Waals surface area contributed by atoms with Crippen LogP contribution in [0.4, 0.5) is 11.8 Å². The number of aromatic nitrogens is 4. The van der Waals surface area contributed by atoms with Gasteiger partial charge in [-0.2, -0.15) is 4.98 Å². The van der Waals surface area contributed by atoms with Crippen LogP contribution in [0.1, 0.15) is 20.3 Å². The van der Waals surface area contributed by atoms with E-state index in [2.05, 4.69) is 64.7 Å². The summed E-state index contributed by atoms with van der Waals surface area (Å²) in [5.74, 6) is 2.53. The summed E-state index contributed by atoms with van der Waals surface area (Å²) < 4.78 is 0. The molecule has 0 amide bonds.